The van der Waals surface area contributed by atoms with Gasteiger partial charge in [0.2, 0.25) is 0 Å². The lowest BCUT2D eigenvalue weighted by Gasteiger charge is -1.94. The zero-order chi connectivity index (χ0) is 7.72. The first-order valence-corrected chi connectivity index (χ1v) is 3.14. The largest absolute Gasteiger partial charge is 0.384 e. The summed E-state index contributed by atoms with van der Waals surface area (Å²) in [6, 6.07) is 0. The van der Waals surface area contributed by atoms with E-state index in [4.69, 9.17) is 11.5 Å². The quantitative estimate of drug-likeness (QED) is 0.566. The van der Waals surface area contributed by atoms with Crippen LogP contribution >= 0.6 is 0 Å². The van der Waals surface area contributed by atoms with Gasteiger partial charge in [0.25, 0.3) is 0 Å². The lowest BCUT2D eigenvalue weighted by atomic mass is 10.2. The van der Waals surface area contributed by atoms with Crippen LogP contribution in [0.15, 0.2) is 0 Å². The maximum atomic E-state index is 5.63. The summed E-state index contributed by atoms with van der Waals surface area (Å²) in [5.41, 5.74) is 12.9. The van der Waals surface area contributed by atoms with Crippen LogP contribution in [-0.4, -0.2) is 9.78 Å². The fourth-order valence-electron chi connectivity index (χ4n) is 0.972. The van der Waals surface area contributed by atoms with Crippen molar-refractivity contribution in [2.75, 3.05) is 5.73 Å². The first-order valence-electron chi connectivity index (χ1n) is 3.14. The summed E-state index contributed by atoms with van der Waals surface area (Å²) in [5, 5.41) is 4.09. The van der Waals surface area contributed by atoms with Crippen molar-refractivity contribution in [3.05, 3.63) is 11.3 Å². The molecule has 0 atom stereocenters. The molecule has 1 aromatic rings. The summed E-state index contributed by atoms with van der Waals surface area (Å²) < 4.78 is 1.64. The molecule has 0 radical (unpaired) electrons. The highest BCUT2D eigenvalue weighted by atomic mass is 15.3. The van der Waals surface area contributed by atoms with E-state index >= 15 is 0 Å². The van der Waals surface area contributed by atoms with Gasteiger partial charge in [0.05, 0.1) is 5.69 Å². The van der Waals surface area contributed by atoms with Gasteiger partial charge in [-0.1, -0.05) is 0 Å². The minimum Gasteiger partial charge on any atom is -0.384 e. The molecule has 0 aliphatic heterocycles. The smallest absolute Gasteiger partial charge is 0.126 e. The van der Waals surface area contributed by atoms with Gasteiger partial charge in [-0.15, -0.1) is 0 Å². The second kappa shape index (κ2) is 2.30. The monoisotopic (exact) mass is 140 g/mol. The predicted octanol–water partition coefficient (Wildman–Crippen LogP) is -0.231. The molecule has 1 aromatic heterocycles. The molecule has 4 N–H and O–H groups in total. The summed E-state index contributed by atoms with van der Waals surface area (Å²) >= 11 is 0. The summed E-state index contributed by atoms with van der Waals surface area (Å²) in [6.07, 6.45) is 0. The van der Waals surface area contributed by atoms with E-state index in [9.17, 15) is 0 Å². The van der Waals surface area contributed by atoms with Gasteiger partial charge in [0, 0.05) is 19.2 Å². The van der Waals surface area contributed by atoms with Crippen LogP contribution < -0.4 is 11.5 Å². The van der Waals surface area contributed by atoms with Crippen molar-refractivity contribution < 1.29 is 0 Å². The third-order valence-corrected chi connectivity index (χ3v) is 1.60. The highest BCUT2D eigenvalue weighted by Gasteiger charge is 2.06. The zero-order valence-corrected chi connectivity index (χ0v) is 6.26. The number of hydrogen-bond donors (Lipinski definition) is 2. The molecule has 0 bridgehead atoms. The SMILES string of the molecule is Cc1nn(C)c(N)c1CN. The van der Waals surface area contributed by atoms with Crippen molar-refractivity contribution >= 4 is 5.82 Å². The van der Waals surface area contributed by atoms with Crippen molar-refractivity contribution in [3.63, 3.8) is 0 Å². The van der Waals surface area contributed by atoms with Crippen LogP contribution in [0.5, 0.6) is 0 Å². The van der Waals surface area contributed by atoms with E-state index in [2.05, 4.69) is 5.10 Å². The number of aryl methyl sites for hydroxylation is 2. The van der Waals surface area contributed by atoms with Crippen molar-refractivity contribution in [1.82, 2.24) is 9.78 Å². The number of aromatic nitrogens is 2. The van der Waals surface area contributed by atoms with Crippen molar-refractivity contribution in [1.29, 1.82) is 0 Å². The molecule has 4 nitrogen and oxygen atoms in total. The Morgan fingerprint density at radius 2 is 2.20 bits per heavy atom. The third-order valence-electron chi connectivity index (χ3n) is 1.60. The molecule has 0 saturated heterocycles. The van der Waals surface area contributed by atoms with Crippen molar-refractivity contribution in [2.45, 2.75) is 13.5 Å². The summed E-state index contributed by atoms with van der Waals surface area (Å²) in [4.78, 5) is 0. The Labute approximate surface area is 59.8 Å². The Balaban J connectivity index is 3.20. The molecule has 0 aliphatic carbocycles. The van der Waals surface area contributed by atoms with Gasteiger partial charge < -0.3 is 11.5 Å². The van der Waals surface area contributed by atoms with Crippen molar-refractivity contribution in [2.24, 2.45) is 12.8 Å². The molecule has 0 spiro atoms. The number of nitrogens with zero attached hydrogens (tertiary/aromatic N) is 2. The van der Waals surface area contributed by atoms with Gasteiger partial charge in [-0.2, -0.15) is 5.10 Å². The average Bonchev–Trinajstić information content (AvgIpc) is 2.09. The second-order valence-electron chi connectivity index (χ2n) is 2.28. The molecular formula is C6H12N4. The highest BCUT2D eigenvalue weighted by molar-refractivity contribution is 5.42. The molecule has 4 heteroatoms. The molecule has 0 aliphatic rings. The normalized spacial score (nSPS) is 10.3. The fourth-order valence-corrected chi connectivity index (χ4v) is 0.972. The van der Waals surface area contributed by atoms with E-state index in [0.29, 0.717) is 12.4 Å². The maximum Gasteiger partial charge on any atom is 0.126 e. The number of nitrogens with two attached hydrogens (primary N) is 2. The van der Waals surface area contributed by atoms with Gasteiger partial charge in [0.1, 0.15) is 5.82 Å². The Morgan fingerprint density at radius 3 is 2.40 bits per heavy atom. The van der Waals surface area contributed by atoms with Gasteiger partial charge >= 0.3 is 0 Å². The van der Waals surface area contributed by atoms with Gasteiger partial charge in [-0.25, -0.2) is 0 Å². The highest BCUT2D eigenvalue weighted by Crippen LogP contribution is 2.12. The standard InChI is InChI=1S/C6H12N4/c1-4-5(3-7)6(8)10(2)9-4/h3,7-8H2,1-2H3. The van der Waals surface area contributed by atoms with Crippen LogP contribution in [0.2, 0.25) is 0 Å². The minimum absolute atomic E-state index is 0.464. The van der Waals surface area contributed by atoms with Crippen LogP contribution in [0.4, 0.5) is 5.82 Å². The van der Waals surface area contributed by atoms with Gasteiger partial charge in [-0.3, -0.25) is 4.68 Å². The van der Waals surface area contributed by atoms with E-state index in [-0.39, 0.29) is 0 Å². The van der Waals surface area contributed by atoms with Crippen LogP contribution in [0.25, 0.3) is 0 Å². The first kappa shape index (κ1) is 7.08. The molecule has 0 aromatic carbocycles. The van der Waals surface area contributed by atoms with Crippen LogP contribution in [0.1, 0.15) is 11.3 Å². The van der Waals surface area contributed by atoms with E-state index in [0.717, 1.165) is 11.3 Å². The summed E-state index contributed by atoms with van der Waals surface area (Å²) in [6.45, 7) is 2.37. The van der Waals surface area contributed by atoms with Crippen LogP contribution in [0, 0.1) is 6.92 Å². The lowest BCUT2D eigenvalue weighted by Crippen LogP contribution is -2.03. The lowest BCUT2D eigenvalue weighted by molar-refractivity contribution is 0.767. The number of anilines is 1. The molecule has 0 saturated carbocycles. The number of nitrogen functional groups attached to an aromatic ring is 1. The molecule has 1 heterocycles. The molecule has 1 rings (SSSR count). The van der Waals surface area contributed by atoms with E-state index < -0.39 is 0 Å². The second-order valence-corrected chi connectivity index (χ2v) is 2.28. The minimum atomic E-state index is 0.464. The Hall–Kier alpha value is -1.03. The molecule has 0 amide bonds. The van der Waals surface area contributed by atoms with Gasteiger partial charge in [0.15, 0.2) is 0 Å². The van der Waals surface area contributed by atoms with Crippen molar-refractivity contribution in [3.8, 4) is 0 Å². The number of rotatable bonds is 1. The molecular weight excluding hydrogens is 128 g/mol. The Kier molecular flexibility index (Phi) is 1.63. The summed E-state index contributed by atoms with van der Waals surface area (Å²) in [7, 11) is 1.81. The topological polar surface area (TPSA) is 69.9 Å². The van der Waals surface area contributed by atoms with Crippen LogP contribution in [-0.2, 0) is 13.6 Å². The average molecular weight is 140 g/mol. The predicted molar refractivity (Wildman–Crippen MR) is 40.2 cm³/mol. The third kappa shape index (κ3) is 0.863. The first-order chi connectivity index (χ1) is 4.66. The Morgan fingerprint density at radius 1 is 1.60 bits per heavy atom. The maximum absolute atomic E-state index is 5.63. The van der Waals surface area contributed by atoms with E-state index in [1.165, 1.54) is 0 Å². The molecule has 10 heavy (non-hydrogen) atoms. The van der Waals surface area contributed by atoms with Crippen LogP contribution in [0.3, 0.4) is 0 Å². The van der Waals surface area contributed by atoms with Gasteiger partial charge in [-0.05, 0) is 6.92 Å². The number of hydrogen-bond acceptors (Lipinski definition) is 3. The molecule has 56 valence electrons. The van der Waals surface area contributed by atoms with E-state index in [1.54, 1.807) is 4.68 Å². The molecule has 0 unspecified atom stereocenters. The zero-order valence-electron chi connectivity index (χ0n) is 6.26. The summed E-state index contributed by atoms with van der Waals surface area (Å²) in [5.74, 6) is 0.667. The Bertz CT molecular complexity index is 238. The fraction of sp³-hybridized carbons (Fsp3) is 0.500. The molecule has 0 fully saturated rings. The van der Waals surface area contributed by atoms with E-state index in [1.807, 2.05) is 14.0 Å².